The molecule has 0 radical (unpaired) electrons. The van der Waals surface area contributed by atoms with Gasteiger partial charge < -0.3 is 15.1 Å². The van der Waals surface area contributed by atoms with Gasteiger partial charge in [0.05, 0.1) is 26.2 Å². The highest BCUT2D eigenvalue weighted by atomic mass is 35.5. The molecule has 0 saturated carbocycles. The van der Waals surface area contributed by atoms with Crippen molar-refractivity contribution in [3.05, 3.63) is 58.6 Å². The van der Waals surface area contributed by atoms with Crippen LogP contribution < -0.4 is 15.1 Å². The molecule has 2 N–H and O–H groups in total. The van der Waals surface area contributed by atoms with Crippen LogP contribution in [0.15, 0.2) is 42.5 Å². The molecular formula is C20H25ClN3O+. The lowest BCUT2D eigenvalue weighted by atomic mass is 10.1. The largest absolute Gasteiger partial charge is 0.360 e. The summed E-state index contributed by atoms with van der Waals surface area (Å²) < 4.78 is 0. The normalized spacial score (nSPS) is 15.2. The van der Waals surface area contributed by atoms with Gasteiger partial charge in [-0.05, 0) is 49.2 Å². The number of nitrogens with zero attached hydrogens (tertiary/aromatic N) is 1. The average molecular weight is 359 g/mol. The van der Waals surface area contributed by atoms with Crippen molar-refractivity contribution in [1.29, 1.82) is 0 Å². The molecule has 0 bridgehead atoms. The number of hydrogen-bond acceptors (Lipinski definition) is 2. The Morgan fingerprint density at radius 2 is 1.92 bits per heavy atom. The quantitative estimate of drug-likeness (QED) is 0.880. The van der Waals surface area contributed by atoms with E-state index in [2.05, 4.69) is 23.2 Å². The lowest BCUT2D eigenvalue weighted by Crippen LogP contribution is -3.15. The number of anilines is 2. The minimum Gasteiger partial charge on any atom is -0.360 e. The van der Waals surface area contributed by atoms with Crippen molar-refractivity contribution >= 4 is 28.9 Å². The zero-order chi connectivity index (χ0) is 17.8. The maximum absolute atomic E-state index is 12.3. The van der Waals surface area contributed by atoms with E-state index in [-0.39, 0.29) is 5.91 Å². The fraction of sp³-hybridized carbons (Fsp3) is 0.350. The minimum atomic E-state index is 0.0768. The smallest absolute Gasteiger partial charge is 0.279 e. The molecule has 4 nitrogen and oxygen atoms in total. The summed E-state index contributed by atoms with van der Waals surface area (Å²) in [6, 6.07) is 13.9. The number of halogens is 1. The first-order chi connectivity index (χ1) is 12.0. The molecular weight excluding hydrogens is 334 g/mol. The fourth-order valence-electron chi connectivity index (χ4n) is 3.32. The summed E-state index contributed by atoms with van der Waals surface area (Å²) in [6.07, 6.45) is 0. The van der Waals surface area contributed by atoms with Gasteiger partial charge in [0, 0.05) is 16.4 Å². The monoisotopic (exact) mass is 358 g/mol. The standard InChI is InChI=1S/C20H24ClN3O/c1-15-4-3-5-18(12-15)22-20(25)14-23-8-10-24(11-9-23)19-13-17(21)7-6-16(19)2/h3-7,12-13H,8-11,14H2,1-2H3,(H,22,25)/p+1. The van der Waals surface area contributed by atoms with Crippen molar-refractivity contribution in [3.63, 3.8) is 0 Å². The molecule has 1 amide bonds. The molecule has 1 fully saturated rings. The number of amides is 1. The molecule has 25 heavy (non-hydrogen) atoms. The van der Waals surface area contributed by atoms with Crippen LogP contribution in [0.25, 0.3) is 0 Å². The predicted molar refractivity (Wildman–Crippen MR) is 104 cm³/mol. The molecule has 1 aliphatic heterocycles. The van der Waals surface area contributed by atoms with Crippen molar-refractivity contribution in [2.45, 2.75) is 13.8 Å². The number of nitrogens with one attached hydrogen (secondary N) is 2. The van der Waals surface area contributed by atoms with Crippen LogP contribution in [0.1, 0.15) is 11.1 Å². The summed E-state index contributed by atoms with van der Waals surface area (Å²) >= 11 is 6.14. The van der Waals surface area contributed by atoms with E-state index < -0.39 is 0 Å². The van der Waals surface area contributed by atoms with E-state index in [0.717, 1.165) is 42.5 Å². The van der Waals surface area contributed by atoms with E-state index in [1.807, 2.05) is 43.3 Å². The van der Waals surface area contributed by atoms with E-state index in [4.69, 9.17) is 11.6 Å². The maximum atomic E-state index is 12.3. The van der Waals surface area contributed by atoms with Gasteiger partial charge in [0.15, 0.2) is 6.54 Å². The third-order valence-electron chi connectivity index (χ3n) is 4.69. The molecule has 0 aromatic heterocycles. The molecule has 132 valence electrons. The lowest BCUT2D eigenvalue weighted by Gasteiger charge is -2.34. The lowest BCUT2D eigenvalue weighted by molar-refractivity contribution is -0.892. The number of hydrogen-bond donors (Lipinski definition) is 2. The van der Waals surface area contributed by atoms with E-state index in [0.29, 0.717) is 6.54 Å². The van der Waals surface area contributed by atoms with Crippen LogP contribution in [0.4, 0.5) is 11.4 Å². The van der Waals surface area contributed by atoms with Gasteiger partial charge in [-0.3, -0.25) is 4.79 Å². The molecule has 0 atom stereocenters. The molecule has 1 aliphatic rings. The second-order valence-electron chi connectivity index (χ2n) is 6.76. The summed E-state index contributed by atoms with van der Waals surface area (Å²) in [5.74, 6) is 0.0768. The molecule has 1 saturated heterocycles. The Kier molecular flexibility index (Phi) is 5.61. The SMILES string of the molecule is Cc1cccc(NC(=O)C[NH+]2CCN(c3cc(Cl)ccc3C)CC2)c1. The number of piperazine rings is 1. The average Bonchev–Trinajstić information content (AvgIpc) is 2.58. The highest BCUT2D eigenvalue weighted by Gasteiger charge is 2.23. The van der Waals surface area contributed by atoms with Gasteiger partial charge in [-0.2, -0.15) is 0 Å². The summed E-state index contributed by atoms with van der Waals surface area (Å²) in [7, 11) is 0. The topological polar surface area (TPSA) is 36.8 Å². The molecule has 0 spiro atoms. The summed E-state index contributed by atoms with van der Waals surface area (Å²) in [6.45, 7) is 8.43. The van der Waals surface area contributed by atoms with Gasteiger partial charge in [-0.1, -0.05) is 29.8 Å². The minimum absolute atomic E-state index is 0.0768. The van der Waals surface area contributed by atoms with Crippen LogP contribution in [0.2, 0.25) is 5.02 Å². The van der Waals surface area contributed by atoms with Crippen LogP contribution in [-0.2, 0) is 4.79 Å². The van der Waals surface area contributed by atoms with Gasteiger partial charge >= 0.3 is 0 Å². The maximum Gasteiger partial charge on any atom is 0.279 e. The predicted octanol–water partition coefficient (Wildman–Crippen LogP) is 2.30. The zero-order valence-electron chi connectivity index (χ0n) is 14.8. The van der Waals surface area contributed by atoms with Gasteiger partial charge in [-0.25, -0.2) is 0 Å². The Balaban J connectivity index is 1.52. The number of carbonyl (C=O) groups excluding carboxylic acids is 1. The van der Waals surface area contributed by atoms with E-state index in [9.17, 15) is 4.79 Å². The number of quaternary nitrogens is 1. The second kappa shape index (κ2) is 7.89. The Morgan fingerprint density at radius 3 is 2.64 bits per heavy atom. The first-order valence-electron chi connectivity index (χ1n) is 8.72. The highest BCUT2D eigenvalue weighted by molar-refractivity contribution is 6.30. The number of rotatable bonds is 4. The second-order valence-corrected chi connectivity index (χ2v) is 7.20. The van der Waals surface area contributed by atoms with Gasteiger partial charge in [0.25, 0.3) is 5.91 Å². The van der Waals surface area contributed by atoms with E-state index in [1.165, 1.54) is 16.2 Å². The first-order valence-corrected chi connectivity index (χ1v) is 9.10. The van der Waals surface area contributed by atoms with Crippen LogP contribution >= 0.6 is 11.6 Å². The number of aryl methyl sites for hydroxylation is 2. The Morgan fingerprint density at radius 1 is 1.16 bits per heavy atom. The third-order valence-corrected chi connectivity index (χ3v) is 4.93. The van der Waals surface area contributed by atoms with Crippen molar-refractivity contribution in [2.24, 2.45) is 0 Å². The van der Waals surface area contributed by atoms with Crippen molar-refractivity contribution in [1.82, 2.24) is 0 Å². The fourth-order valence-corrected chi connectivity index (χ4v) is 3.49. The van der Waals surface area contributed by atoms with Crippen LogP contribution in [0.5, 0.6) is 0 Å². The van der Waals surface area contributed by atoms with Crippen molar-refractivity contribution in [3.8, 4) is 0 Å². The van der Waals surface area contributed by atoms with Crippen LogP contribution in [-0.4, -0.2) is 38.6 Å². The Bertz CT molecular complexity index is 754. The van der Waals surface area contributed by atoms with Gasteiger partial charge in [0.1, 0.15) is 0 Å². The molecule has 0 unspecified atom stereocenters. The first kappa shape index (κ1) is 17.8. The Hall–Kier alpha value is -2.04. The molecule has 2 aromatic rings. The summed E-state index contributed by atoms with van der Waals surface area (Å²) in [4.78, 5) is 16.0. The zero-order valence-corrected chi connectivity index (χ0v) is 15.6. The van der Waals surface area contributed by atoms with Crippen LogP contribution in [0.3, 0.4) is 0 Å². The van der Waals surface area contributed by atoms with Crippen LogP contribution in [0, 0.1) is 13.8 Å². The Labute approximate surface area is 154 Å². The van der Waals surface area contributed by atoms with Crippen molar-refractivity contribution in [2.75, 3.05) is 42.9 Å². The number of carbonyl (C=O) groups is 1. The van der Waals surface area contributed by atoms with Gasteiger partial charge in [0.2, 0.25) is 0 Å². The van der Waals surface area contributed by atoms with E-state index >= 15 is 0 Å². The molecule has 3 rings (SSSR count). The van der Waals surface area contributed by atoms with E-state index in [1.54, 1.807) is 0 Å². The molecule has 1 heterocycles. The third kappa shape index (κ3) is 4.74. The summed E-state index contributed by atoms with van der Waals surface area (Å²) in [5.41, 5.74) is 4.47. The molecule has 2 aromatic carbocycles. The molecule has 5 heteroatoms. The molecule has 0 aliphatic carbocycles. The van der Waals surface area contributed by atoms with Crippen molar-refractivity contribution < 1.29 is 9.69 Å². The number of benzene rings is 2. The highest BCUT2D eigenvalue weighted by Crippen LogP contribution is 2.24. The summed E-state index contributed by atoms with van der Waals surface area (Å²) in [5, 5.41) is 3.77. The van der Waals surface area contributed by atoms with Gasteiger partial charge in [-0.15, -0.1) is 0 Å².